The summed E-state index contributed by atoms with van der Waals surface area (Å²) in [5, 5.41) is 17.0. The summed E-state index contributed by atoms with van der Waals surface area (Å²) in [7, 11) is 0. The van der Waals surface area contributed by atoms with Gasteiger partial charge in [-0.15, -0.1) is 0 Å². The topological polar surface area (TPSA) is 67.2 Å². The van der Waals surface area contributed by atoms with Gasteiger partial charge in [-0.1, -0.05) is 17.7 Å². The number of non-ortho nitro benzene ring substituents is 1. The third kappa shape index (κ3) is 3.98. The van der Waals surface area contributed by atoms with Crippen molar-refractivity contribution in [3.8, 4) is 0 Å². The van der Waals surface area contributed by atoms with Crippen LogP contribution < -0.4 is 10.6 Å². The van der Waals surface area contributed by atoms with E-state index in [1.54, 1.807) is 12.1 Å². The molecule has 0 saturated carbocycles. The molecule has 5 nitrogen and oxygen atoms in total. The van der Waals surface area contributed by atoms with Crippen molar-refractivity contribution < 1.29 is 4.92 Å². The summed E-state index contributed by atoms with van der Waals surface area (Å²) in [5.41, 5.74) is 3.30. The van der Waals surface area contributed by atoms with Crippen LogP contribution in [0.4, 0.5) is 17.1 Å². The van der Waals surface area contributed by atoms with Gasteiger partial charge in [0.2, 0.25) is 0 Å². The Morgan fingerprint density at radius 3 is 1.80 bits per heavy atom. The second kappa shape index (κ2) is 6.56. The molecule has 0 radical (unpaired) electrons. The zero-order valence-corrected chi connectivity index (χ0v) is 11.3. The van der Waals surface area contributed by atoms with E-state index in [0.717, 1.165) is 24.5 Å². The molecule has 0 saturated heterocycles. The maximum absolute atomic E-state index is 10.5. The minimum absolute atomic E-state index is 0.105. The lowest BCUT2D eigenvalue weighted by atomic mass is 10.2. The van der Waals surface area contributed by atoms with Crippen LogP contribution in [0.3, 0.4) is 0 Å². The van der Waals surface area contributed by atoms with E-state index in [0.29, 0.717) is 0 Å². The van der Waals surface area contributed by atoms with E-state index in [1.165, 1.54) is 17.7 Å². The van der Waals surface area contributed by atoms with Crippen molar-refractivity contribution >= 4 is 17.1 Å². The van der Waals surface area contributed by atoms with Gasteiger partial charge in [-0.2, -0.15) is 0 Å². The fourth-order valence-corrected chi connectivity index (χ4v) is 1.79. The van der Waals surface area contributed by atoms with Crippen molar-refractivity contribution in [1.82, 2.24) is 0 Å². The van der Waals surface area contributed by atoms with Crippen molar-refractivity contribution in [3.63, 3.8) is 0 Å². The van der Waals surface area contributed by atoms with Gasteiger partial charge in [-0.3, -0.25) is 10.1 Å². The normalized spacial score (nSPS) is 10.1. The molecule has 2 aromatic carbocycles. The average Bonchev–Trinajstić information content (AvgIpc) is 2.46. The molecule has 0 heterocycles. The van der Waals surface area contributed by atoms with Crippen molar-refractivity contribution in [2.45, 2.75) is 6.92 Å². The van der Waals surface area contributed by atoms with Gasteiger partial charge in [0.05, 0.1) is 4.92 Å². The van der Waals surface area contributed by atoms with Gasteiger partial charge in [-0.05, 0) is 31.2 Å². The predicted octanol–water partition coefficient (Wildman–Crippen LogP) is 3.43. The number of aryl methyl sites for hydroxylation is 1. The fourth-order valence-electron chi connectivity index (χ4n) is 1.79. The summed E-state index contributed by atoms with van der Waals surface area (Å²) in [5.74, 6) is 0. The second-order valence-electron chi connectivity index (χ2n) is 4.52. The number of nitro benzene ring substituents is 1. The summed E-state index contributed by atoms with van der Waals surface area (Å²) < 4.78 is 0. The first-order valence-electron chi connectivity index (χ1n) is 6.44. The third-order valence-corrected chi connectivity index (χ3v) is 2.91. The standard InChI is InChI=1S/C15H17N3O2/c1-12-2-4-13(5-3-12)16-10-11-17-14-6-8-15(9-7-14)18(19)20/h2-9,16-17H,10-11H2,1H3. The van der Waals surface area contributed by atoms with Gasteiger partial charge in [0, 0.05) is 36.6 Å². The van der Waals surface area contributed by atoms with Crippen molar-refractivity contribution in [1.29, 1.82) is 0 Å². The number of hydrogen-bond acceptors (Lipinski definition) is 4. The van der Waals surface area contributed by atoms with Crippen LogP contribution in [0, 0.1) is 17.0 Å². The average molecular weight is 271 g/mol. The first-order chi connectivity index (χ1) is 9.65. The summed E-state index contributed by atoms with van der Waals surface area (Å²) >= 11 is 0. The summed E-state index contributed by atoms with van der Waals surface area (Å²) in [6.07, 6.45) is 0. The monoisotopic (exact) mass is 271 g/mol. The lowest BCUT2D eigenvalue weighted by Crippen LogP contribution is -2.13. The molecule has 20 heavy (non-hydrogen) atoms. The lowest BCUT2D eigenvalue weighted by molar-refractivity contribution is -0.384. The van der Waals surface area contributed by atoms with Crippen LogP contribution in [0.2, 0.25) is 0 Å². The van der Waals surface area contributed by atoms with E-state index in [-0.39, 0.29) is 5.69 Å². The molecule has 5 heteroatoms. The molecule has 104 valence electrons. The molecule has 0 aliphatic carbocycles. The van der Waals surface area contributed by atoms with Crippen LogP contribution in [0.25, 0.3) is 0 Å². The highest BCUT2D eigenvalue weighted by molar-refractivity contribution is 5.49. The number of rotatable bonds is 6. The first kappa shape index (κ1) is 13.9. The molecule has 0 fully saturated rings. The molecule has 0 aliphatic rings. The van der Waals surface area contributed by atoms with Gasteiger partial charge >= 0.3 is 0 Å². The van der Waals surface area contributed by atoms with Crippen LogP contribution in [-0.4, -0.2) is 18.0 Å². The van der Waals surface area contributed by atoms with E-state index in [1.807, 2.05) is 12.1 Å². The molecule has 0 amide bonds. The van der Waals surface area contributed by atoms with Gasteiger partial charge in [-0.25, -0.2) is 0 Å². The van der Waals surface area contributed by atoms with Crippen LogP contribution in [0.1, 0.15) is 5.56 Å². The lowest BCUT2D eigenvalue weighted by Gasteiger charge is -2.09. The Balaban J connectivity index is 1.75. The summed E-state index contributed by atoms with van der Waals surface area (Å²) in [6.45, 7) is 3.58. The van der Waals surface area contributed by atoms with Crippen LogP contribution in [0.15, 0.2) is 48.5 Å². The highest BCUT2D eigenvalue weighted by atomic mass is 16.6. The number of anilines is 2. The molecule has 0 spiro atoms. The molecule has 0 aromatic heterocycles. The van der Waals surface area contributed by atoms with Crippen molar-refractivity contribution in [2.24, 2.45) is 0 Å². The fraction of sp³-hybridized carbons (Fsp3) is 0.200. The van der Waals surface area contributed by atoms with Gasteiger partial charge < -0.3 is 10.6 Å². The quantitative estimate of drug-likeness (QED) is 0.480. The number of nitrogens with zero attached hydrogens (tertiary/aromatic N) is 1. The molecular weight excluding hydrogens is 254 g/mol. The van der Waals surface area contributed by atoms with E-state index in [2.05, 4.69) is 29.7 Å². The smallest absolute Gasteiger partial charge is 0.269 e. The maximum Gasteiger partial charge on any atom is 0.269 e. The number of nitro groups is 1. The van der Waals surface area contributed by atoms with Gasteiger partial charge in [0.1, 0.15) is 0 Å². The van der Waals surface area contributed by atoms with Gasteiger partial charge in [0.25, 0.3) is 5.69 Å². The van der Waals surface area contributed by atoms with E-state index < -0.39 is 4.92 Å². The Labute approximate surface area is 117 Å². The molecule has 0 unspecified atom stereocenters. The van der Waals surface area contributed by atoms with Crippen molar-refractivity contribution in [3.05, 3.63) is 64.2 Å². The Kier molecular flexibility index (Phi) is 4.55. The number of nitrogens with one attached hydrogen (secondary N) is 2. The van der Waals surface area contributed by atoms with Gasteiger partial charge in [0.15, 0.2) is 0 Å². The number of hydrogen-bond donors (Lipinski definition) is 2. The SMILES string of the molecule is Cc1ccc(NCCNc2ccc([N+](=O)[O-])cc2)cc1. The Morgan fingerprint density at radius 2 is 1.35 bits per heavy atom. The highest BCUT2D eigenvalue weighted by Gasteiger charge is 2.03. The van der Waals surface area contributed by atoms with Crippen LogP contribution >= 0.6 is 0 Å². The van der Waals surface area contributed by atoms with Crippen molar-refractivity contribution in [2.75, 3.05) is 23.7 Å². The Hall–Kier alpha value is -2.56. The molecular formula is C15H17N3O2. The minimum atomic E-state index is -0.400. The minimum Gasteiger partial charge on any atom is -0.383 e. The molecule has 0 bridgehead atoms. The first-order valence-corrected chi connectivity index (χ1v) is 6.44. The number of benzene rings is 2. The Morgan fingerprint density at radius 1 is 0.900 bits per heavy atom. The molecule has 2 aromatic rings. The van der Waals surface area contributed by atoms with E-state index in [4.69, 9.17) is 0 Å². The molecule has 0 atom stereocenters. The van der Waals surface area contributed by atoms with Crippen LogP contribution in [0.5, 0.6) is 0 Å². The van der Waals surface area contributed by atoms with E-state index >= 15 is 0 Å². The third-order valence-electron chi connectivity index (χ3n) is 2.91. The highest BCUT2D eigenvalue weighted by Crippen LogP contribution is 2.15. The predicted molar refractivity (Wildman–Crippen MR) is 81.3 cm³/mol. The van der Waals surface area contributed by atoms with E-state index in [9.17, 15) is 10.1 Å². The summed E-state index contributed by atoms with van der Waals surface area (Å²) in [6, 6.07) is 14.6. The van der Waals surface area contributed by atoms with Crippen LogP contribution in [-0.2, 0) is 0 Å². The summed E-state index contributed by atoms with van der Waals surface area (Å²) in [4.78, 5) is 10.1. The zero-order valence-electron chi connectivity index (χ0n) is 11.3. The zero-order chi connectivity index (χ0) is 14.4. The molecule has 0 aliphatic heterocycles. The largest absolute Gasteiger partial charge is 0.383 e. The molecule has 2 N–H and O–H groups in total. The second-order valence-corrected chi connectivity index (χ2v) is 4.52. The molecule has 2 rings (SSSR count). The maximum atomic E-state index is 10.5. The Bertz CT molecular complexity index is 565.